The van der Waals surface area contributed by atoms with Crippen molar-refractivity contribution in [1.82, 2.24) is 9.88 Å². The van der Waals surface area contributed by atoms with E-state index in [1.54, 1.807) is 24.3 Å². The summed E-state index contributed by atoms with van der Waals surface area (Å²) in [4.78, 5) is 17.9. The van der Waals surface area contributed by atoms with Gasteiger partial charge in [-0.15, -0.1) is 0 Å². The van der Waals surface area contributed by atoms with Gasteiger partial charge >= 0.3 is 0 Å². The van der Waals surface area contributed by atoms with Crippen molar-refractivity contribution in [3.63, 3.8) is 0 Å². The van der Waals surface area contributed by atoms with Gasteiger partial charge in [-0.05, 0) is 32.0 Å². The topological polar surface area (TPSA) is 71.2 Å². The molecule has 0 saturated heterocycles. The number of hydrogen-bond acceptors (Lipinski definition) is 4. The van der Waals surface area contributed by atoms with Crippen LogP contribution in [0.4, 0.5) is 11.4 Å². The lowest BCUT2D eigenvalue weighted by atomic mass is 10.1. The number of fused-ring (bicyclic) bond motifs is 1. The summed E-state index contributed by atoms with van der Waals surface area (Å²) in [6, 6.07) is 5.30. The van der Waals surface area contributed by atoms with E-state index in [-0.39, 0.29) is 11.9 Å². The molecular formula is C15H20N4O. The summed E-state index contributed by atoms with van der Waals surface area (Å²) < 4.78 is 0. The molecule has 0 saturated carbocycles. The Labute approximate surface area is 118 Å². The number of carbonyl (C=O) groups is 1. The molecule has 1 atom stereocenters. The van der Waals surface area contributed by atoms with Gasteiger partial charge in [-0.25, -0.2) is 0 Å². The number of likely N-dealkylation sites (N-methyl/N-ethyl adjacent to an activating group) is 1. The van der Waals surface area contributed by atoms with Gasteiger partial charge in [0.05, 0.1) is 0 Å². The average molecular weight is 272 g/mol. The smallest absolute Gasteiger partial charge is 0.244 e. The molecular weight excluding hydrogens is 252 g/mol. The zero-order valence-electron chi connectivity index (χ0n) is 12.1. The molecule has 1 amide bonds. The Balaban J connectivity index is 2.31. The number of hydrogen-bond donors (Lipinski definition) is 2. The zero-order chi connectivity index (χ0) is 14.7. The lowest BCUT2D eigenvalue weighted by Crippen LogP contribution is -2.38. The molecule has 0 aliphatic heterocycles. The molecule has 0 spiro atoms. The Hall–Kier alpha value is -2.30. The molecule has 106 valence electrons. The molecule has 2 aromatic rings. The highest BCUT2D eigenvalue weighted by Crippen LogP contribution is 2.27. The third-order valence-corrected chi connectivity index (χ3v) is 3.44. The Morgan fingerprint density at radius 1 is 1.40 bits per heavy atom. The predicted molar refractivity (Wildman–Crippen MR) is 82.6 cm³/mol. The van der Waals surface area contributed by atoms with E-state index in [0.29, 0.717) is 12.2 Å². The standard InChI is InChI=1S/C15H20N4O/c1-4-19(3)15(20)10(2)18-14-6-5-13(16)11-7-8-17-9-12(11)14/h5-10,18H,4,16H2,1-3H3. The highest BCUT2D eigenvalue weighted by molar-refractivity contribution is 6.01. The number of nitrogens with two attached hydrogens (primary N) is 1. The predicted octanol–water partition coefficient (Wildman–Crippen LogP) is 2.10. The second kappa shape index (κ2) is 5.77. The number of anilines is 2. The van der Waals surface area contributed by atoms with Gasteiger partial charge in [-0.3, -0.25) is 9.78 Å². The lowest BCUT2D eigenvalue weighted by Gasteiger charge is -2.22. The highest BCUT2D eigenvalue weighted by Gasteiger charge is 2.17. The largest absolute Gasteiger partial charge is 0.398 e. The molecule has 0 aliphatic carbocycles. The van der Waals surface area contributed by atoms with Crippen molar-refractivity contribution >= 4 is 28.1 Å². The van der Waals surface area contributed by atoms with Crippen molar-refractivity contribution in [2.45, 2.75) is 19.9 Å². The first-order valence-corrected chi connectivity index (χ1v) is 6.68. The number of benzene rings is 1. The third kappa shape index (κ3) is 2.66. The van der Waals surface area contributed by atoms with E-state index < -0.39 is 0 Å². The van der Waals surface area contributed by atoms with E-state index in [1.807, 2.05) is 32.0 Å². The Bertz CT molecular complexity index is 626. The number of pyridine rings is 1. The molecule has 1 heterocycles. The normalized spacial score (nSPS) is 12.2. The summed E-state index contributed by atoms with van der Waals surface area (Å²) in [5.41, 5.74) is 7.53. The van der Waals surface area contributed by atoms with Gasteiger partial charge in [0.2, 0.25) is 5.91 Å². The Morgan fingerprint density at radius 2 is 2.15 bits per heavy atom. The number of nitrogen functional groups attached to an aromatic ring is 1. The van der Waals surface area contributed by atoms with Crippen molar-refractivity contribution in [2.24, 2.45) is 0 Å². The number of amides is 1. The van der Waals surface area contributed by atoms with Gasteiger partial charge in [-0.2, -0.15) is 0 Å². The molecule has 20 heavy (non-hydrogen) atoms. The van der Waals surface area contributed by atoms with Crippen LogP contribution in [-0.2, 0) is 4.79 Å². The van der Waals surface area contributed by atoms with Gasteiger partial charge in [0.1, 0.15) is 6.04 Å². The van der Waals surface area contributed by atoms with Gasteiger partial charge in [0.25, 0.3) is 0 Å². The minimum Gasteiger partial charge on any atom is -0.398 e. The summed E-state index contributed by atoms with van der Waals surface area (Å²) in [5, 5.41) is 5.10. The number of aromatic nitrogens is 1. The summed E-state index contributed by atoms with van der Waals surface area (Å²) in [5.74, 6) is 0.0568. The minimum atomic E-state index is -0.299. The molecule has 5 heteroatoms. The fourth-order valence-electron chi connectivity index (χ4n) is 2.12. The lowest BCUT2D eigenvalue weighted by molar-refractivity contribution is -0.130. The van der Waals surface area contributed by atoms with Crippen molar-refractivity contribution < 1.29 is 4.79 Å². The van der Waals surface area contributed by atoms with E-state index in [4.69, 9.17) is 5.73 Å². The van der Waals surface area contributed by atoms with Crippen LogP contribution in [0.1, 0.15) is 13.8 Å². The maximum atomic E-state index is 12.1. The van der Waals surface area contributed by atoms with Crippen LogP contribution in [0.25, 0.3) is 10.8 Å². The number of nitrogens with zero attached hydrogens (tertiary/aromatic N) is 2. The summed E-state index contributed by atoms with van der Waals surface area (Å²) in [6.45, 7) is 4.50. The minimum absolute atomic E-state index is 0.0568. The molecule has 0 bridgehead atoms. The first-order chi connectivity index (χ1) is 9.54. The first-order valence-electron chi connectivity index (χ1n) is 6.68. The average Bonchev–Trinajstić information content (AvgIpc) is 2.48. The number of nitrogens with one attached hydrogen (secondary N) is 1. The van der Waals surface area contributed by atoms with Crippen LogP contribution in [-0.4, -0.2) is 35.4 Å². The van der Waals surface area contributed by atoms with Crippen molar-refractivity contribution in [3.05, 3.63) is 30.6 Å². The van der Waals surface area contributed by atoms with E-state index >= 15 is 0 Å². The van der Waals surface area contributed by atoms with Crippen LogP contribution >= 0.6 is 0 Å². The SMILES string of the molecule is CCN(C)C(=O)C(C)Nc1ccc(N)c2ccncc12. The van der Waals surface area contributed by atoms with Crippen molar-refractivity contribution in [2.75, 3.05) is 24.6 Å². The van der Waals surface area contributed by atoms with Crippen LogP contribution in [0.3, 0.4) is 0 Å². The monoisotopic (exact) mass is 272 g/mol. The van der Waals surface area contributed by atoms with Crippen LogP contribution in [0.5, 0.6) is 0 Å². The van der Waals surface area contributed by atoms with E-state index in [1.165, 1.54) is 0 Å². The molecule has 1 aromatic heterocycles. The maximum absolute atomic E-state index is 12.1. The second-order valence-electron chi connectivity index (χ2n) is 4.84. The third-order valence-electron chi connectivity index (χ3n) is 3.44. The van der Waals surface area contributed by atoms with Gasteiger partial charge in [0, 0.05) is 48.1 Å². The molecule has 0 fully saturated rings. The van der Waals surface area contributed by atoms with Crippen molar-refractivity contribution in [3.8, 4) is 0 Å². The van der Waals surface area contributed by atoms with Crippen molar-refractivity contribution in [1.29, 1.82) is 0 Å². The van der Waals surface area contributed by atoms with Gasteiger partial charge < -0.3 is 16.0 Å². The number of carbonyl (C=O) groups excluding carboxylic acids is 1. The first kappa shape index (κ1) is 14.1. The molecule has 1 unspecified atom stereocenters. The number of rotatable bonds is 4. The highest BCUT2D eigenvalue weighted by atomic mass is 16.2. The van der Waals surface area contributed by atoms with E-state index in [2.05, 4.69) is 10.3 Å². The zero-order valence-corrected chi connectivity index (χ0v) is 12.1. The van der Waals surface area contributed by atoms with Crippen LogP contribution in [0.15, 0.2) is 30.6 Å². The van der Waals surface area contributed by atoms with E-state index in [9.17, 15) is 4.79 Å². The molecule has 0 radical (unpaired) electrons. The Morgan fingerprint density at radius 3 is 2.85 bits per heavy atom. The quantitative estimate of drug-likeness (QED) is 0.836. The van der Waals surface area contributed by atoms with Crippen LogP contribution in [0, 0.1) is 0 Å². The fraction of sp³-hybridized carbons (Fsp3) is 0.333. The van der Waals surface area contributed by atoms with Crippen LogP contribution in [0.2, 0.25) is 0 Å². The molecule has 1 aromatic carbocycles. The summed E-state index contributed by atoms with van der Waals surface area (Å²) >= 11 is 0. The molecule has 5 nitrogen and oxygen atoms in total. The van der Waals surface area contributed by atoms with Crippen LogP contribution < -0.4 is 11.1 Å². The molecule has 0 aliphatic rings. The molecule has 3 N–H and O–H groups in total. The van der Waals surface area contributed by atoms with E-state index in [0.717, 1.165) is 16.5 Å². The van der Waals surface area contributed by atoms with Gasteiger partial charge in [-0.1, -0.05) is 0 Å². The maximum Gasteiger partial charge on any atom is 0.244 e. The second-order valence-corrected chi connectivity index (χ2v) is 4.84. The van der Waals surface area contributed by atoms with Gasteiger partial charge in [0.15, 0.2) is 0 Å². The summed E-state index contributed by atoms with van der Waals surface area (Å²) in [7, 11) is 1.79. The fourth-order valence-corrected chi connectivity index (χ4v) is 2.12. The molecule has 2 rings (SSSR count). The Kier molecular flexibility index (Phi) is 4.08. The summed E-state index contributed by atoms with van der Waals surface area (Å²) in [6.07, 6.45) is 3.47.